The molecule has 0 spiro atoms. The highest BCUT2D eigenvalue weighted by atomic mass is 79.9. The Kier molecular flexibility index (Phi) is 4.50. The number of carbonyl (C=O) groups is 1. The number of likely N-dealkylation sites (N-methyl/N-ethyl adjacent to an activating group) is 1. The zero-order valence-corrected chi connectivity index (χ0v) is 11.3. The van der Waals surface area contributed by atoms with Crippen molar-refractivity contribution in [3.05, 3.63) is 34.3 Å². The van der Waals surface area contributed by atoms with Crippen LogP contribution in [0.15, 0.2) is 28.7 Å². The van der Waals surface area contributed by atoms with E-state index in [1.807, 2.05) is 24.3 Å². The Hall–Kier alpha value is -0.870. The molecule has 0 amide bonds. The van der Waals surface area contributed by atoms with Crippen molar-refractivity contribution in [2.45, 2.75) is 26.0 Å². The Bertz CT molecular complexity index is 377. The third-order valence-corrected chi connectivity index (χ3v) is 3.23. The molecule has 16 heavy (non-hydrogen) atoms. The fourth-order valence-electron chi connectivity index (χ4n) is 1.04. The highest BCUT2D eigenvalue weighted by Crippen LogP contribution is 2.17. The third-order valence-electron chi connectivity index (χ3n) is 2.45. The van der Waals surface area contributed by atoms with Gasteiger partial charge in [0.25, 0.3) is 0 Å². The van der Waals surface area contributed by atoms with E-state index in [0.717, 1.165) is 10.0 Å². The molecule has 0 saturated heterocycles. The average Bonchev–Trinajstić information content (AvgIpc) is 2.27. The minimum absolute atomic E-state index is 0.259. The molecule has 0 aliphatic rings. The van der Waals surface area contributed by atoms with Crippen LogP contribution < -0.4 is 5.32 Å². The molecule has 1 rings (SSSR count). The molecule has 0 aromatic heterocycles. The summed E-state index contributed by atoms with van der Waals surface area (Å²) in [6.45, 7) is 3.86. The van der Waals surface area contributed by atoms with Crippen LogP contribution >= 0.6 is 15.9 Å². The highest BCUT2D eigenvalue weighted by Gasteiger charge is 2.26. The first-order valence-electron chi connectivity index (χ1n) is 5.07. The Balaban J connectivity index is 2.59. The minimum atomic E-state index is -0.652. The monoisotopic (exact) mass is 285 g/mol. The van der Waals surface area contributed by atoms with Gasteiger partial charge in [-0.2, -0.15) is 0 Å². The molecule has 0 aliphatic carbocycles. The maximum Gasteiger partial charge on any atom is 0.326 e. The van der Waals surface area contributed by atoms with Crippen LogP contribution in [0.1, 0.15) is 19.4 Å². The molecule has 1 N–H and O–H groups in total. The first kappa shape index (κ1) is 13.2. The first-order valence-corrected chi connectivity index (χ1v) is 5.86. The van der Waals surface area contributed by atoms with Gasteiger partial charge in [0.05, 0.1) is 0 Å². The van der Waals surface area contributed by atoms with Crippen molar-refractivity contribution < 1.29 is 9.53 Å². The van der Waals surface area contributed by atoms with E-state index in [1.165, 1.54) is 0 Å². The highest BCUT2D eigenvalue weighted by molar-refractivity contribution is 9.10. The molecular weight excluding hydrogens is 270 g/mol. The summed E-state index contributed by atoms with van der Waals surface area (Å²) >= 11 is 3.41. The van der Waals surface area contributed by atoms with E-state index in [2.05, 4.69) is 21.2 Å². The summed E-state index contributed by atoms with van der Waals surface area (Å²) in [6, 6.07) is 7.68. The van der Waals surface area contributed by atoms with Crippen LogP contribution in [-0.4, -0.2) is 18.6 Å². The number of nitrogens with one attached hydrogen (secondary N) is 1. The number of esters is 1. The van der Waals surface area contributed by atoms with E-state index < -0.39 is 5.54 Å². The second-order valence-corrected chi connectivity index (χ2v) is 4.90. The number of hydrogen-bond acceptors (Lipinski definition) is 3. The molecule has 1 aromatic rings. The van der Waals surface area contributed by atoms with E-state index in [-0.39, 0.29) is 12.6 Å². The van der Waals surface area contributed by atoms with Gasteiger partial charge in [0.2, 0.25) is 0 Å². The van der Waals surface area contributed by atoms with Gasteiger partial charge >= 0.3 is 5.97 Å². The number of halogens is 1. The molecule has 0 heterocycles. The van der Waals surface area contributed by atoms with Gasteiger partial charge in [-0.1, -0.05) is 34.1 Å². The Morgan fingerprint density at radius 3 is 2.62 bits per heavy atom. The summed E-state index contributed by atoms with van der Waals surface area (Å²) in [4.78, 5) is 11.7. The maximum absolute atomic E-state index is 11.7. The molecule has 0 radical (unpaired) electrons. The van der Waals surface area contributed by atoms with E-state index in [9.17, 15) is 4.79 Å². The lowest BCUT2D eigenvalue weighted by Gasteiger charge is -2.21. The minimum Gasteiger partial charge on any atom is -0.459 e. The average molecular weight is 286 g/mol. The zero-order valence-electron chi connectivity index (χ0n) is 9.71. The van der Waals surface area contributed by atoms with Crippen molar-refractivity contribution in [3.63, 3.8) is 0 Å². The second kappa shape index (κ2) is 5.46. The molecule has 0 aliphatic heterocycles. The van der Waals surface area contributed by atoms with Gasteiger partial charge in [-0.15, -0.1) is 0 Å². The molecule has 1 aromatic carbocycles. The predicted molar refractivity (Wildman–Crippen MR) is 67.1 cm³/mol. The van der Waals surface area contributed by atoms with Crippen LogP contribution in [0.5, 0.6) is 0 Å². The zero-order chi connectivity index (χ0) is 12.2. The molecular formula is C12H16BrNO2. The lowest BCUT2D eigenvalue weighted by molar-refractivity contribution is -0.151. The number of benzene rings is 1. The van der Waals surface area contributed by atoms with Crippen LogP contribution in [0.4, 0.5) is 0 Å². The number of carbonyl (C=O) groups excluding carboxylic acids is 1. The van der Waals surface area contributed by atoms with Gasteiger partial charge in [-0.3, -0.25) is 4.79 Å². The molecule has 0 atom stereocenters. The molecule has 0 fully saturated rings. The van der Waals surface area contributed by atoms with Gasteiger partial charge < -0.3 is 10.1 Å². The second-order valence-electron chi connectivity index (χ2n) is 4.04. The Morgan fingerprint density at radius 2 is 2.06 bits per heavy atom. The largest absolute Gasteiger partial charge is 0.459 e. The standard InChI is InChI=1S/C12H16BrNO2/c1-12(2,14-3)11(15)16-8-9-6-4-5-7-10(9)13/h4-7,14H,8H2,1-3H3. The van der Waals surface area contributed by atoms with Gasteiger partial charge in [0.1, 0.15) is 12.1 Å². The molecule has 0 saturated carbocycles. The SMILES string of the molecule is CNC(C)(C)C(=O)OCc1ccccc1Br. The number of hydrogen-bond donors (Lipinski definition) is 1. The van der Waals surface area contributed by atoms with Crippen LogP contribution in [0.2, 0.25) is 0 Å². The summed E-state index contributed by atoms with van der Waals surface area (Å²) in [5.74, 6) is -0.259. The molecule has 3 nitrogen and oxygen atoms in total. The van der Waals surface area contributed by atoms with Crippen molar-refractivity contribution in [1.29, 1.82) is 0 Å². The number of rotatable bonds is 4. The van der Waals surface area contributed by atoms with Crippen molar-refractivity contribution in [2.24, 2.45) is 0 Å². The first-order chi connectivity index (χ1) is 7.47. The molecule has 88 valence electrons. The topological polar surface area (TPSA) is 38.3 Å². The van der Waals surface area contributed by atoms with E-state index in [1.54, 1.807) is 20.9 Å². The van der Waals surface area contributed by atoms with Crippen LogP contribution in [0.3, 0.4) is 0 Å². The van der Waals surface area contributed by atoms with Crippen LogP contribution in [-0.2, 0) is 16.1 Å². The summed E-state index contributed by atoms with van der Waals surface area (Å²) < 4.78 is 6.18. The van der Waals surface area contributed by atoms with Crippen LogP contribution in [0.25, 0.3) is 0 Å². The molecule has 4 heteroatoms. The summed E-state index contributed by atoms with van der Waals surface area (Å²) in [5, 5.41) is 2.91. The lowest BCUT2D eigenvalue weighted by atomic mass is 10.1. The van der Waals surface area contributed by atoms with Gasteiger partial charge in [0.15, 0.2) is 0 Å². The Labute approximate surface area is 104 Å². The van der Waals surface area contributed by atoms with Crippen molar-refractivity contribution >= 4 is 21.9 Å². The van der Waals surface area contributed by atoms with Crippen molar-refractivity contribution in [1.82, 2.24) is 5.32 Å². The quantitative estimate of drug-likeness (QED) is 0.864. The summed E-state index contributed by atoms with van der Waals surface area (Å²) in [6.07, 6.45) is 0. The number of ether oxygens (including phenoxy) is 1. The van der Waals surface area contributed by atoms with E-state index in [0.29, 0.717) is 0 Å². The Morgan fingerprint density at radius 1 is 1.44 bits per heavy atom. The van der Waals surface area contributed by atoms with Gasteiger partial charge in [0, 0.05) is 10.0 Å². The third kappa shape index (κ3) is 3.32. The fraction of sp³-hybridized carbons (Fsp3) is 0.417. The van der Waals surface area contributed by atoms with Crippen LogP contribution in [0, 0.1) is 0 Å². The van der Waals surface area contributed by atoms with Gasteiger partial charge in [-0.05, 0) is 27.0 Å². The van der Waals surface area contributed by atoms with Crippen molar-refractivity contribution in [2.75, 3.05) is 7.05 Å². The lowest BCUT2D eigenvalue weighted by Crippen LogP contribution is -2.45. The molecule has 0 bridgehead atoms. The molecule has 0 unspecified atom stereocenters. The van der Waals surface area contributed by atoms with E-state index in [4.69, 9.17) is 4.74 Å². The fourth-order valence-corrected chi connectivity index (χ4v) is 1.44. The predicted octanol–water partition coefficient (Wildman–Crippen LogP) is 2.49. The van der Waals surface area contributed by atoms with E-state index >= 15 is 0 Å². The normalized spacial score (nSPS) is 11.2. The van der Waals surface area contributed by atoms with Gasteiger partial charge in [-0.25, -0.2) is 0 Å². The smallest absolute Gasteiger partial charge is 0.326 e. The summed E-state index contributed by atoms with van der Waals surface area (Å²) in [7, 11) is 1.74. The van der Waals surface area contributed by atoms with Crippen molar-refractivity contribution in [3.8, 4) is 0 Å². The maximum atomic E-state index is 11.7. The summed E-state index contributed by atoms with van der Waals surface area (Å²) in [5.41, 5.74) is 0.309.